The van der Waals surface area contributed by atoms with Gasteiger partial charge in [0.25, 0.3) is 0 Å². The molecule has 1 unspecified atom stereocenters. The number of aliphatic carboxylic acids is 1. The molecule has 0 aliphatic carbocycles. The highest BCUT2D eigenvalue weighted by molar-refractivity contribution is 5.94. The second kappa shape index (κ2) is 14.1. The van der Waals surface area contributed by atoms with Crippen LogP contribution in [0, 0.1) is 11.7 Å². The number of anilines is 1. The Kier molecular flexibility index (Phi) is 10.0. The molecule has 2 heterocycles. The number of rotatable bonds is 12. The summed E-state index contributed by atoms with van der Waals surface area (Å²) in [5.41, 5.74) is 3.61. The number of likely N-dealkylation sites (tertiary alicyclic amines) is 1. The third-order valence-electron chi connectivity index (χ3n) is 8.29. The molecule has 3 atom stereocenters. The van der Waals surface area contributed by atoms with Gasteiger partial charge in [-0.1, -0.05) is 32.0 Å². The summed E-state index contributed by atoms with van der Waals surface area (Å²) in [5, 5.41) is 13.6. The maximum absolute atomic E-state index is 14.2. The molecule has 5 rings (SSSR count). The van der Waals surface area contributed by atoms with Gasteiger partial charge in [0.2, 0.25) is 5.91 Å². The first-order valence-corrected chi connectivity index (χ1v) is 15.0. The van der Waals surface area contributed by atoms with Gasteiger partial charge in [-0.05, 0) is 71.5 Å². The summed E-state index contributed by atoms with van der Waals surface area (Å²) >= 11 is 0. The average molecular weight is 607 g/mol. The van der Waals surface area contributed by atoms with Gasteiger partial charge in [0, 0.05) is 31.3 Å². The van der Waals surface area contributed by atoms with E-state index in [0.29, 0.717) is 68.7 Å². The fourth-order valence-corrected chi connectivity index (χ4v) is 6.23. The summed E-state index contributed by atoms with van der Waals surface area (Å²) in [6.07, 6.45) is 1.11. The summed E-state index contributed by atoms with van der Waals surface area (Å²) in [6, 6.07) is 15.1. The van der Waals surface area contributed by atoms with Crippen molar-refractivity contribution in [3.63, 3.8) is 0 Å². The number of carbonyl (C=O) groups is 2. The van der Waals surface area contributed by atoms with Gasteiger partial charge in [0.1, 0.15) is 31.4 Å². The maximum atomic E-state index is 14.2. The molecule has 0 radical (unpaired) electrons. The maximum Gasteiger partial charge on any atom is 0.309 e. The van der Waals surface area contributed by atoms with Gasteiger partial charge in [-0.15, -0.1) is 0 Å². The van der Waals surface area contributed by atoms with Crippen molar-refractivity contribution in [3.8, 4) is 17.2 Å². The zero-order chi connectivity index (χ0) is 31.2. The molecule has 2 aliphatic heterocycles. The van der Waals surface area contributed by atoms with E-state index in [0.717, 1.165) is 22.3 Å². The van der Waals surface area contributed by atoms with E-state index in [1.165, 1.54) is 12.1 Å². The summed E-state index contributed by atoms with van der Waals surface area (Å²) in [4.78, 5) is 28.5. The standard InChI is InChI=1S/C34H39FN2O7/c1-4-21-16-25(35)17-22(5-2)32(21)36-30(38)20-37-19-27(24-8-11-28-29(18-24)44-15-14-43-28)31(34(39)40)33(37)23-6-9-26(10-7-23)42-13-12-41-3/h6-11,16-18,27,31,33H,4-5,12-15,19-20H2,1-3H3,(H,36,38)(H,39,40)/t27-,31?,33+/m1/s1. The quantitative estimate of drug-likeness (QED) is 0.270. The van der Waals surface area contributed by atoms with Crippen LogP contribution in [0.4, 0.5) is 10.1 Å². The highest BCUT2D eigenvalue weighted by Crippen LogP contribution is 2.47. The van der Waals surface area contributed by atoms with Crippen molar-refractivity contribution in [1.82, 2.24) is 4.90 Å². The molecule has 9 nitrogen and oxygen atoms in total. The SMILES string of the molecule is CCc1cc(F)cc(CC)c1NC(=O)CN1C[C@H](c2ccc3c(c2)OCCO3)C(C(=O)O)[C@@H]1c1ccc(OCCOC)cc1. The van der Waals surface area contributed by atoms with Crippen molar-refractivity contribution in [3.05, 3.63) is 82.7 Å². The first-order chi connectivity index (χ1) is 21.3. The summed E-state index contributed by atoms with van der Waals surface area (Å²) in [5.74, 6) is -1.03. The van der Waals surface area contributed by atoms with Gasteiger partial charge in [-0.3, -0.25) is 14.5 Å². The van der Waals surface area contributed by atoms with E-state index in [9.17, 15) is 19.1 Å². The molecular formula is C34H39FN2O7. The third-order valence-corrected chi connectivity index (χ3v) is 8.29. The fraction of sp³-hybridized carbons (Fsp3) is 0.412. The number of carboxylic acid groups (broad SMARTS) is 1. The van der Waals surface area contributed by atoms with Crippen LogP contribution in [-0.2, 0) is 27.2 Å². The van der Waals surface area contributed by atoms with E-state index < -0.39 is 23.8 Å². The summed E-state index contributed by atoms with van der Waals surface area (Å²) in [7, 11) is 1.60. The van der Waals surface area contributed by atoms with E-state index in [2.05, 4.69) is 5.32 Å². The van der Waals surface area contributed by atoms with Gasteiger partial charge in [-0.2, -0.15) is 0 Å². The molecule has 44 heavy (non-hydrogen) atoms. The molecule has 0 bridgehead atoms. The topological polar surface area (TPSA) is 107 Å². The van der Waals surface area contributed by atoms with Gasteiger partial charge >= 0.3 is 5.97 Å². The van der Waals surface area contributed by atoms with Crippen molar-refractivity contribution in [2.24, 2.45) is 5.92 Å². The van der Waals surface area contributed by atoms with Crippen LogP contribution in [0.2, 0.25) is 0 Å². The predicted octanol–water partition coefficient (Wildman–Crippen LogP) is 5.23. The first-order valence-electron chi connectivity index (χ1n) is 15.0. The minimum Gasteiger partial charge on any atom is -0.491 e. The van der Waals surface area contributed by atoms with Gasteiger partial charge < -0.3 is 29.4 Å². The number of nitrogens with one attached hydrogen (secondary N) is 1. The molecule has 1 fully saturated rings. The Morgan fingerprint density at radius 2 is 1.61 bits per heavy atom. The van der Waals surface area contributed by atoms with Crippen LogP contribution in [0.15, 0.2) is 54.6 Å². The van der Waals surface area contributed by atoms with Crippen LogP contribution in [-0.4, -0.2) is 68.5 Å². The number of amides is 1. The number of carboxylic acids is 1. The number of fused-ring (bicyclic) bond motifs is 1. The Bertz CT molecular complexity index is 1450. The number of aryl methyl sites for hydroxylation is 2. The average Bonchev–Trinajstić information content (AvgIpc) is 3.41. The fourth-order valence-electron chi connectivity index (χ4n) is 6.23. The lowest BCUT2D eigenvalue weighted by atomic mass is 9.82. The number of carbonyl (C=O) groups excluding carboxylic acids is 1. The molecule has 1 saturated heterocycles. The molecule has 3 aromatic carbocycles. The number of hydrogen-bond donors (Lipinski definition) is 2. The molecule has 234 valence electrons. The Hall–Kier alpha value is -4.15. The van der Waals surface area contributed by atoms with Crippen LogP contribution in [0.3, 0.4) is 0 Å². The lowest BCUT2D eigenvalue weighted by molar-refractivity contribution is -0.143. The van der Waals surface area contributed by atoms with E-state index in [1.807, 2.05) is 49.1 Å². The monoisotopic (exact) mass is 606 g/mol. The number of methoxy groups -OCH3 is 1. The number of halogens is 1. The first kappa shape index (κ1) is 31.3. The highest BCUT2D eigenvalue weighted by atomic mass is 19.1. The van der Waals surface area contributed by atoms with Crippen LogP contribution in [0.25, 0.3) is 0 Å². The molecule has 3 aromatic rings. The largest absolute Gasteiger partial charge is 0.491 e. The lowest BCUT2D eigenvalue weighted by Crippen LogP contribution is -2.35. The lowest BCUT2D eigenvalue weighted by Gasteiger charge is -2.27. The third kappa shape index (κ3) is 6.81. The summed E-state index contributed by atoms with van der Waals surface area (Å²) < 4.78 is 36.5. The highest BCUT2D eigenvalue weighted by Gasteiger charge is 2.48. The van der Waals surface area contributed by atoms with Crippen LogP contribution in [0.5, 0.6) is 17.2 Å². The van der Waals surface area contributed by atoms with Crippen molar-refractivity contribution >= 4 is 17.6 Å². The molecule has 2 aliphatic rings. The Morgan fingerprint density at radius 1 is 0.955 bits per heavy atom. The molecule has 1 amide bonds. The molecule has 0 saturated carbocycles. The minimum atomic E-state index is -0.960. The Labute approximate surface area is 256 Å². The normalized spacial score (nSPS) is 19.5. The van der Waals surface area contributed by atoms with E-state index in [1.54, 1.807) is 19.2 Å². The van der Waals surface area contributed by atoms with Crippen molar-refractivity contribution in [2.75, 3.05) is 51.9 Å². The van der Waals surface area contributed by atoms with Gasteiger partial charge in [-0.25, -0.2) is 4.39 Å². The zero-order valence-electron chi connectivity index (χ0n) is 25.3. The van der Waals surface area contributed by atoms with E-state index in [4.69, 9.17) is 18.9 Å². The number of benzene rings is 3. The van der Waals surface area contributed by atoms with Crippen LogP contribution in [0.1, 0.15) is 48.1 Å². The second-order valence-electron chi connectivity index (χ2n) is 11.0. The van der Waals surface area contributed by atoms with Crippen LogP contribution >= 0.6 is 0 Å². The number of ether oxygens (including phenoxy) is 4. The second-order valence-corrected chi connectivity index (χ2v) is 11.0. The van der Waals surface area contributed by atoms with Gasteiger partial charge in [0.15, 0.2) is 11.5 Å². The van der Waals surface area contributed by atoms with E-state index in [-0.39, 0.29) is 18.3 Å². The molecule has 0 spiro atoms. The summed E-state index contributed by atoms with van der Waals surface area (Å²) in [6.45, 7) is 5.81. The molecular weight excluding hydrogens is 567 g/mol. The number of hydrogen-bond acceptors (Lipinski definition) is 7. The van der Waals surface area contributed by atoms with Gasteiger partial charge in [0.05, 0.1) is 19.1 Å². The molecule has 2 N–H and O–H groups in total. The smallest absolute Gasteiger partial charge is 0.309 e. The van der Waals surface area contributed by atoms with Crippen molar-refractivity contribution in [1.29, 1.82) is 0 Å². The predicted molar refractivity (Wildman–Crippen MR) is 163 cm³/mol. The number of nitrogens with zero attached hydrogens (tertiary/aromatic N) is 1. The molecule has 10 heteroatoms. The molecule has 0 aromatic heterocycles. The van der Waals surface area contributed by atoms with Crippen molar-refractivity contribution in [2.45, 2.75) is 38.6 Å². The van der Waals surface area contributed by atoms with E-state index >= 15 is 0 Å². The Morgan fingerprint density at radius 3 is 2.25 bits per heavy atom. The van der Waals surface area contributed by atoms with Crippen molar-refractivity contribution < 1.29 is 38.0 Å². The zero-order valence-corrected chi connectivity index (χ0v) is 25.3. The Balaban J connectivity index is 1.47. The minimum absolute atomic E-state index is 0.0503. The van der Waals surface area contributed by atoms with Crippen LogP contribution < -0.4 is 19.5 Å².